The summed E-state index contributed by atoms with van der Waals surface area (Å²) in [5, 5.41) is 12.2. The summed E-state index contributed by atoms with van der Waals surface area (Å²) in [6.45, 7) is 3.54. The maximum Gasteiger partial charge on any atom is 0.181 e. The van der Waals surface area contributed by atoms with E-state index in [2.05, 4.69) is 5.32 Å². The largest absolute Gasteiger partial charge is 0.389 e. The van der Waals surface area contributed by atoms with Crippen molar-refractivity contribution in [2.75, 3.05) is 38.3 Å². The molecule has 0 aliphatic carbocycles. The Morgan fingerprint density at radius 1 is 1.26 bits per heavy atom. The van der Waals surface area contributed by atoms with Gasteiger partial charge in [-0.05, 0) is 19.1 Å². The van der Waals surface area contributed by atoms with Gasteiger partial charge < -0.3 is 19.9 Å². The second kappa shape index (κ2) is 8.79. The highest BCUT2D eigenvalue weighted by Gasteiger charge is 2.09. The topological polar surface area (TPSA) is 50.7 Å². The van der Waals surface area contributed by atoms with Crippen molar-refractivity contribution in [3.63, 3.8) is 0 Å². The third-order valence-electron chi connectivity index (χ3n) is 2.37. The minimum atomic E-state index is -0.952. The van der Waals surface area contributed by atoms with Gasteiger partial charge in [-0.15, -0.1) is 0 Å². The van der Waals surface area contributed by atoms with E-state index in [4.69, 9.17) is 9.47 Å². The Labute approximate surface area is 111 Å². The van der Waals surface area contributed by atoms with Gasteiger partial charge in [-0.2, -0.15) is 0 Å². The number of ether oxygens (including phenoxy) is 2. The first-order valence-corrected chi connectivity index (χ1v) is 6.16. The van der Waals surface area contributed by atoms with Crippen LogP contribution in [0.2, 0.25) is 0 Å². The van der Waals surface area contributed by atoms with Crippen molar-refractivity contribution in [1.29, 1.82) is 0 Å². The van der Waals surface area contributed by atoms with Crippen molar-refractivity contribution in [3.8, 4) is 0 Å². The van der Waals surface area contributed by atoms with Crippen LogP contribution >= 0.6 is 0 Å². The highest BCUT2D eigenvalue weighted by Crippen LogP contribution is 2.16. The van der Waals surface area contributed by atoms with Crippen LogP contribution in [0.25, 0.3) is 0 Å². The molecule has 19 heavy (non-hydrogen) atoms. The van der Waals surface area contributed by atoms with E-state index in [0.717, 1.165) is 6.07 Å². The lowest BCUT2D eigenvalue weighted by Gasteiger charge is -2.13. The van der Waals surface area contributed by atoms with Gasteiger partial charge in [-0.1, -0.05) is 6.07 Å². The van der Waals surface area contributed by atoms with Gasteiger partial charge in [0.2, 0.25) is 0 Å². The van der Waals surface area contributed by atoms with E-state index in [-0.39, 0.29) is 18.8 Å². The highest BCUT2D eigenvalue weighted by atomic mass is 19.2. The summed E-state index contributed by atoms with van der Waals surface area (Å²) >= 11 is 0. The third kappa shape index (κ3) is 5.96. The van der Waals surface area contributed by atoms with Crippen LogP contribution in [-0.4, -0.2) is 44.2 Å². The molecule has 108 valence electrons. The standard InChI is InChI=1S/C13H19F2NO3/c1-2-18-6-7-19-9-10(17)8-16-12-5-3-4-11(14)13(12)15/h3-5,10,16-17H,2,6-9H2,1H3. The number of rotatable bonds is 9. The number of anilines is 1. The van der Waals surface area contributed by atoms with Crippen LogP contribution in [-0.2, 0) is 9.47 Å². The van der Waals surface area contributed by atoms with Crippen LogP contribution in [0, 0.1) is 11.6 Å². The number of aliphatic hydroxyl groups is 1. The first-order chi connectivity index (χ1) is 9.15. The lowest BCUT2D eigenvalue weighted by atomic mass is 10.2. The minimum Gasteiger partial charge on any atom is -0.389 e. The van der Waals surface area contributed by atoms with E-state index in [1.165, 1.54) is 12.1 Å². The van der Waals surface area contributed by atoms with Gasteiger partial charge in [0.25, 0.3) is 0 Å². The molecule has 1 rings (SSSR count). The molecular formula is C13H19F2NO3. The summed E-state index contributed by atoms with van der Waals surface area (Å²) in [5.41, 5.74) is 0.0216. The van der Waals surface area contributed by atoms with E-state index in [9.17, 15) is 13.9 Å². The van der Waals surface area contributed by atoms with Crippen LogP contribution in [0.4, 0.5) is 14.5 Å². The van der Waals surface area contributed by atoms with Crippen LogP contribution in [0.3, 0.4) is 0 Å². The molecule has 6 heteroatoms. The molecule has 0 saturated heterocycles. The molecule has 0 fully saturated rings. The van der Waals surface area contributed by atoms with Crippen molar-refractivity contribution in [2.45, 2.75) is 13.0 Å². The Hall–Kier alpha value is -1.24. The fourth-order valence-corrected chi connectivity index (χ4v) is 1.41. The predicted octanol–water partition coefficient (Wildman–Crippen LogP) is 1.79. The van der Waals surface area contributed by atoms with Gasteiger partial charge in [0.1, 0.15) is 0 Å². The van der Waals surface area contributed by atoms with Gasteiger partial charge in [0, 0.05) is 13.2 Å². The van der Waals surface area contributed by atoms with Gasteiger partial charge >= 0.3 is 0 Å². The molecule has 0 bridgehead atoms. The summed E-state index contributed by atoms with van der Waals surface area (Å²) in [7, 11) is 0. The van der Waals surface area contributed by atoms with E-state index in [1.807, 2.05) is 6.92 Å². The Morgan fingerprint density at radius 2 is 2.00 bits per heavy atom. The summed E-state index contributed by atoms with van der Waals surface area (Å²) in [6, 6.07) is 3.83. The second-order valence-electron chi connectivity index (χ2n) is 3.91. The molecule has 0 radical (unpaired) electrons. The molecule has 0 aromatic heterocycles. The van der Waals surface area contributed by atoms with Crippen molar-refractivity contribution >= 4 is 5.69 Å². The number of hydrogen-bond donors (Lipinski definition) is 2. The molecule has 1 aromatic carbocycles. The Bertz CT molecular complexity index is 377. The Balaban J connectivity index is 2.22. The number of benzene rings is 1. The molecule has 2 N–H and O–H groups in total. The summed E-state index contributed by atoms with van der Waals surface area (Å²) in [5.74, 6) is -1.88. The molecule has 4 nitrogen and oxygen atoms in total. The van der Waals surface area contributed by atoms with Gasteiger partial charge in [0.15, 0.2) is 11.6 Å². The zero-order valence-electron chi connectivity index (χ0n) is 10.9. The molecule has 0 spiro atoms. The van der Waals surface area contributed by atoms with Crippen LogP contribution in [0.15, 0.2) is 18.2 Å². The van der Waals surface area contributed by atoms with Crippen LogP contribution < -0.4 is 5.32 Å². The van der Waals surface area contributed by atoms with Crippen molar-refractivity contribution in [3.05, 3.63) is 29.8 Å². The third-order valence-corrected chi connectivity index (χ3v) is 2.37. The monoisotopic (exact) mass is 275 g/mol. The number of aliphatic hydroxyl groups excluding tert-OH is 1. The molecule has 1 aromatic rings. The SMILES string of the molecule is CCOCCOCC(O)CNc1cccc(F)c1F. The van der Waals surface area contributed by atoms with Crippen LogP contribution in [0.1, 0.15) is 6.92 Å². The minimum absolute atomic E-state index is 0.0216. The van der Waals surface area contributed by atoms with Gasteiger partial charge in [-0.25, -0.2) is 8.78 Å². The molecule has 1 atom stereocenters. The van der Waals surface area contributed by atoms with Gasteiger partial charge in [-0.3, -0.25) is 0 Å². The maximum absolute atomic E-state index is 13.3. The Kier molecular flexibility index (Phi) is 7.32. The van der Waals surface area contributed by atoms with Crippen molar-refractivity contribution < 1.29 is 23.4 Å². The summed E-state index contributed by atoms with van der Waals surface area (Å²) < 4.78 is 36.4. The molecule has 0 saturated carbocycles. The van der Waals surface area contributed by atoms with E-state index in [0.29, 0.717) is 19.8 Å². The highest BCUT2D eigenvalue weighted by molar-refractivity contribution is 5.44. The van der Waals surface area contributed by atoms with Crippen molar-refractivity contribution in [2.24, 2.45) is 0 Å². The first kappa shape index (κ1) is 15.8. The smallest absolute Gasteiger partial charge is 0.181 e. The molecule has 0 aliphatic rings. The molecule has 0 heterocycles. The fourth-order valence-electron chi connectivity index (χ4n) is 1.41. The fraction of sp³-hybridized carbons (Fsp3) is 0.538. The number of halogens is 2. The molecule has 0 amide bonds. The zero-order valence-corrected chi connectivity index (χ0v) is 10.9. The average Bonchev–Trinajstić information content (AvgIpc) is 2.40. The lowest BCUT2D eigenvalue weighted by molar-refractivity contribution is 0.0103. The first-order valence-electron chi connectivity index (χ1n) is 6.16. The second-order valence-corrected chi connectivity index (χ2v) is 3.91. The van der Waals surface area contributed by atoms with Crippen molar-refractivity contribution in [1.82, 2.24) is 0 Å². The quantitative estimate of drug-likeness (QED) is 0.675. The Morgan fingerprint density at radius 3 is 2.74 bits per heavy atom. The van der Waals surface area contributed by atoms with Gasteiger partial charge in [0.05, 0.1) is 31.6 Å². The maximum atomic E-state index is 13.3. The zero-order chi connectivity index (χ0) is 14.1. The van der Waals surface area contributed by atoms with Crippen LogP contribution in [0.5, 0.6) is 0 Å². The van der Waals surface area contributed by atoms with E-state index in [1.54, 1.807) is 0 Å². The normalized spacial score (nSPS) is 12.4. The molecular weight excluding hydrogens is 256 g/mol. The lowest BCUT2D eigenvalue weighted by Crippen LogP contribution is -2.26. The average molecular weight is 275 g/mol. The predicted molar refractivity (Wildman–Crippen MR) is 68.2 cm³/mol. The summed E-state index contributed by atoms with van der Waals surface area (Å²) in [4.78, 5) is 0. The molecule has 0 aliphatic heterocycles. The summed E-state index contributed by atoms with van der Waals surface area (Å²) in [6.07, 6.45) is -0.802. The van der Waals surface area contributed by atoms with E-state index >= 15 is 0 Å². The van der Waals surface area contributed by atoms with E-state index < -0.39 is 17.7 Å². The number of nitrogens with one attached hydrogen (secondary N) is 1. The molecule has 1 unspecified atom stereocenters. The number of hydrogen-bond acceptors (Lipinski definition) is 4.